The van der Waals surface area contributed by atoms with Crippen molar-refractivity contribution in [3.63, 3.8) is 0 Å². The summed E-state index contributed by atoms with van der Waals surface area (Å²) in [6.07, 6.45) is 4.70. The largest absolute Gasteiger partial charge is 0.505 e. The molecule has 0 radical (unpaired) electrons. The summed E-state index contributed by atoms with van der Waals surface area (Å²) in [6, 6.07) is 27.5. The first-order valence-corrected chi connectivity index (χ1v) is 43.8. The smallest absolute Gasteiger partial charge is 0.414 e. The van der Waals surface area contributed by atoms with Gasteiger partial charge >= 0.3 is 25.2 Å². The van der Waals surface area contributed by atoms with Crippen LogP contribution in [0.5, 0.6) is 11.5 Å². The van der Waals surface area contributed by atoms with Crippen molar-refractivity contribution in [3.8, 4) is 11.5 Å². The van der Waals surface area contributed by atoms with E-state index in [1.807, 2.05) is 0 Å². The summed E-state index contributed by atoms with van der Waals surface area (Å²) in [7, 11) is -5.92. The zero-order valence-corrected chi connectivity index (χ0v) is 78.3. The molecule has 2 N–H and O–H groups in total. The molecule has 0 aliphatic carbocycles. The Morgan fingerprint density at radius 3 is 0.835 bits per heavy atom. The maximum atomic E-state index is 15.5. The maximum absolute atomic E-state index is 15.5. The Kier molecular flexibility index (Phi) is 27.3. The van der Waals surface area contributed by atoms with Gasteiger partial charge in [-0.05, 0) is 135 Å². The fourth-order valence-electron chi connectivity index (χ4n) is 13.8. The molecule has 109 heavy (non-hydrogen) atoms. The van der Waals surface area contributed by atoms with E-state index in [1.165, 1.54) is 74.9 Å². The molecule has 1 aliphatic heterocycles. The molecule has 0 spiro atoms. The molecule has 3 heterocycles. The van der Waals surface area contributed by atoms with Gasteiger partial charge in [-0.15, -0.1) is 4.20 Å². The predicted molar refractivity (Wildman–Crippen MR) is 472 cm³/mol. The van der Waals surface area contributed by atoms with Gasteiger partial charge in [-0.3, -0.25) is 9.05 Å². The van der Waals surface area contributed by atoms with E-state index < -0.39 is 25.2 Å². The number of hydrogen-bond acceptors (Lipinski definition) is 9. The average molecular weight is 1560 g/mol. The minimum absolute atomic E-state index is 0.00823. The van der Waals surface area contributed by atoms with Crippen LogP contribution in [0.3, 0.4) is 0 Å². The summed E-state index contributed by atoms with van der Waals surface area (Å²) in [5, 5.41) is 4.40. The summed E-state index contributed by atoms with van der Waals surface area (Å²) in [6.45, 7) is 88.9. The molecule has 6 aromatic carbocycles. The molecule has 1 aliphatic rings. The molecule has 0 amide bonds. The molecule has 9 rings (SSSR count). The molecule has 0 bridgehead atoms. The van der Waals surface area contributed by atoms with Gasteiger partial charge in [0.1, 0.15) is 33.8 Å². The summed E-state index contributed by atoms with van der Waals surface area (Å²) >= 11 is 0. The van der Waals surface area contributed by atoms with Crippen LogP contribution in [0.15, 0.2) is 89.6 Å². The van der Waals surface area contributed by atoms with E-state index in [4.69, 9.17) is 40.6 Å². The molecule has 0 fully saturated rings. The molecule has 2 aromatic heterocycles. The number of benzene rings is 6. The Bertz CT molecular complexity index is 4340. The average Bonchev–Trinajstić information content (AvgIpc) is 1.73. The molecule has 1 unspecified atom stereocenters. The van der Waals surface area contributed by atoms with Crippen LogP contribution in [0.1, 0.15) is 380 Å². The standard InChI is InChI=1S/C36H57O3P.C30H44FO2P.C30H46NO3P/c1-15-17-18-24(16-2)23-37-40-38-31-27(19-25(33(3,4)5)21-29(31)35(9,10)11)28-20-26(34(6,7)8)22-30(32(28)39-40)36(12,13)14;1-18-21-14-19(27(2,3)4)16-23(29(8,9)10)25(21)32-34(31)33-26-22(18)15-20(28(5,6)7)17-24(26)30(11,12)13;1-27(2,3)19-15-21-22-16-20(28(4,5)6)18-24(30(10,11)12)26(22)34-35(32-14-13-31)33-25(21)23(17-19)29(7,8)9/h19-22,24H,15-18,23H2,1-14H3;14-18H,1-13H3;15-18H,13-14,31H2,1-12H3. The van der Waals surface area contributed by atoms with Crippen molar-refractivity contribution in [2.45, 2.75) is 367 Å². The number of halogens is 1. The number of nitrogens with two attached hydrogens (primary N) is 1. The van der Waals surface area contributed by atoms with Crippen LogP contribution in [-0.2, 0) is 65.0 Å². The summed E-state index contributed by atoms with van der Waals surface area (Å²) < 4.78 is 67.2. The van der Waals surface area contributed by atoms with Crippen LogP contribution >= 0.6 is 25.2 Å². The Morgan fingerprint density at radius 2 is 0.606 bits per heavy atom. The van der Waals surface area contributed by atoms with E-state index in [2.05, 4.69) is 343 Å². The molecular formula is C96H147FNO8P3. The van der Waals surface area contributed by atoms with E-state index in [0.717, 1.165) is 72.6 Å². The Balaban J connectivity index is 0.000000228. The van der Waals surface area contributed by atoms with Gasteiger partial charge in [-0.1, -0.05) is 338 Å². The normalized spacial score (nSPS) is 15.6. The lowest BCUT2D eigenvalue weighted by molar-refractivity contribution is 0.276. The van der Waals surface area contributed by atoms with Crippen LogP contribution in [0.4, 0.5) is 4.20 Å². The fraction of sp³-hybridized carbons (Fsp3) is 0.625. The first kappa shape index (κ1) is 91.1. The van der Waals surface area contributed by atoms with E-state index in [-0.39, 0.29) is 70.9 Å². The highest BCUT2D eigenvalue weighted by Gasteiger charge is 2.39. The first-order chi connectivity index (χ1) is 49.3. The molecular weight excluding hydrogens is 1410 g/mol. The lowest BCUT2D eigenvalue weighted by Gasteiger charge is -2.35. The molecule has 606 valence electrons. The number of hydrogen-bond donors (Lipinski definition) is 1. The molecule has 13 heteroatoms. The van der Waals surface area contributed by atoms with E-state index >= 15 is 4.20 Å². The topological polar surface area (TPSA) is 116 Å². The summed E-state index contributed by atoms with van der Waals surface area (Å²) in [5.74, 6) is 1.78. The lowest BCUT2D eigenvalue weighted by atomic mass is 9.74. The van der Waals surface area contributed by atoms with Crippen LogP contribution in [0, 0.1) is 5.92 Å². The third kappa shape index (κ3) is 22.1. The quantitative estimate of drug-likeness (QED) is 0.134. The predicted octanol–water partition coefficient (Wildman–Crippen LogP) is 31.0. The van der Waals surface area contributed by atoms with Crippen molar-refractivity contribution < 1.29 is 39.1 Å². The lowest BCUT2D eigenvalue weighted by Crippen LogP contribution is -2.22. The van der Waals surface area contributed by atoms with E-state index in [9.17, 15) is 0 Å². The van der Waals surface area contributed by atoms with Crippen LogP contribution in [0.25, 0.3) is 43.9 Å². The molecule has 1 atom stereocenters. The van der Waals surface area contributed by atoms with Gasteiger partial charge in [-0.25, -0.2) is 0 Å². The van der Waals surface area contributed by atoms with Crippen molar-refractivity contribution in [2.75, 3.05) is 19.8 Å². The summed E-state index contributed by atoms with van der Waals surface area (Å²) in [4.78, 5) is 0. The Hall–Kier alpha value is -5.04. The second-order valence-corrected chi connectivity index (χ2v) is 46.7. The Labute approximate surface area is 664 Å². The van der Waals surface area contributed by atoms with Gasteiger partial charge in [0.2, 0.25) is 0 Å². The van der Waals surface area contributed by atoms with Crippen molar-refractivity contribution >= 4 is 69.0 Å². The monoisotopic (exact) mass is 1550 g/mol. The van der Waals surface area contributed by atoms with Crippen LogP contribution < -0.4 is 23.8 Å². The highest BCUT2D eigenvalue weighted by molar-refractivity contribution is 7.42. The van der Waals surface area contributed by atoms with Gasteiger partial charge < -0.3 is 31.6 Å². The third-order valence-electron chi connectivity index (χ3n) is 21.4. The van der Waals surface area contributed by atoms with Gasteiger partial charge in [0.25, 0.3) is 0 Å². The summed E-state index contributed by atoms with van der Waals surface area (Å²) in [5.41, 5.74) is 24.9. The minimum Gasteiger partial charge on any atom is -0.414 e. The highest BCUT2D eigenvalue weighted by atomic mass is 31.2. The Morgan fingerprint density at radius 1 is 0.358 bits per heavy atom. The molecule has 0 saturated carbocycles. The minimum atomic E-state index is -2.63. The van der Waals surface area contributed by atoms with Crippen molar-refractivity contribution in [2.24, 2.45) is 11.7 Å². The SMILES string of the molecule is CC(C)(C)c1cc(C(C)(C)C)c2op(OCCN)oc3c(C(C)(C)C)cc(C(C)(C)C)cc3c2c1.CC1c2cc(C(C)(C)C)cc(C(C)(C)C)c2OP(F)Oc2c1cc(C(C)(C)C)cc2C(C)(C)C.CCCCC(CC)COp1oc2c(C(C)(C)C)cc(C(C)(C)C)cc2c2cc(C(C)(C)C)cc(C(C)(C)C)c2o1. The molecule has 9 nitrogen and oxygen atoms in total. The van der Waals surface area contributed by atoms with Crippen molar-refractivity contribution in [3.05, 3.63) is 151 Å². The molecule has 8 aromatic rings. The van der Waals surface area contributed by atoms with Crippen LogP contribution in [-0.4, -0.2) is 19.8 Å². The third-order valence-corrected chi connectivity index (χ3v) is 24.1. The zero-order chi connectivity index (χ0) is 82.8. The highest BCUT2D eigenvalue weighted by Crippen LogP contribution is 2.57. The number of unbranched alkanes of at least 4 members (excludes halogenated alkanes) is 1. The van der Waals surface area contributed by atoms with Gasteiger partial charge in [0, 0.05) is 78.5 Å². The van der Waals surface area contributed by atoms with Gasteiger partial charge in [0.15, 0.2) is 0 Å². The van der Waals surface area contributed by atoms with E-state index in [0.29, 0.717) is 37.2 Å². The fourth-order valence-corrected chi connectivity index (χ4v) is 16.7. The zero-order valence-electron chi connectivity index (χ0n) is 75.6. The van der Waals surface area contributed by atoms with Crippen molar-refractivity contribution in [1.82, 2.24) is 0 Å². The first-order valence-electron chi connectivity index (χ1n) is 40.6. The van der Waals surface area contributed by atoms with Gasteiger partial charge in [-0.2, -0.15) is 0 Å². The number of rotatable bonds is 10. The van der Waals surface area contributed by atoms with Crippen molar-refractivity contribution in [1.29, 1.82) is 0 Å². The van der Waals surface area contributed by atoms with Crippen LogP contribution in [0.2, 0.25) is 0 Å². The van der Waals surface area contributed by atoms with E-state index in [1.54, 1.807) is 0 Å². The second-order valence-electron chi connectivity index (χ2n) is 43.7. The number of fused-ring (bicyclic) bond motifs is 8. The molecule has 0 saturated heterocycles. The van der Waals surface area contributed by atoms with Gasteiger partial charge in [0.05, 0.1) is 13.2 Å². The maximum Gasteiger partial charge on any atom is 0.505 e. The second kappa shape index (κ2) is 32.7.